The Hall–Kier alpha value is -3.07. The normalized spacial score (nSPS) is 13.3. The van der Waals surface area contributed by atoms with E-state index in [-0.39, 0.29) is 16.4 Å². The average molecular weight is 388 g/mol. The Bertz CT molecular complexity index is 900. The second kappa shape index (κ2) is 8.09. The average Bonchev–Trinajstić information content (AvgIpc) is 3.15. The Balaban J connectivity index is 1.73. The molecule has 1 saturated heterocycles. The highest BCUT2D eigenvalue weighted by molar-refractivity contribution is 7.80. The molecule has 0 bridgehead atoms. The summed E-state index contributed by atoms with van der Waals surface area (Å²) in [6.07, 6.45) is 1.97. The molecule has 2 aromatic rings. The van der Waals surface area contributed by atoms with Gasteiger partial charge in [-0.3, -0.25) is 20.2 Å². The molecule has 0 aliphatic carbocycles. The molecule has 1 heterocycles. The molecule has 0 saturated carbocycles. The number of hydrogen-bond donors (Lipinski definition) is 2. The number of nitrogens with zero attached hydrogens (tertiary/aromatic N) is 2. The van der Waals surface area contributed by atoms with Crippen molar-refractivity contribution in [3.63, 3.8) is 0 Å². The van der Waals surface area contributed by atoms with Gasteiger partial charge in [-0.25, -0.2) is 4.39 Å². The van der Waals surface area contributed by atoms with Crippen LogP contribution in [0.25, 0.3) is 0 Å². The quantitative estimate of drug-likeness (QED) is 0.474. The number of benzene rings is 2. The van der Waals surface area contributed by atoms with Gasteiger partial charge in [0.1, 0.15) is 11.5 Å². The number of nitro benzene ring substituents is 1. The lowest BCUT2D eigenvalue weighted by atomic mass is 10.1. The van der Waals surface area contributed by atoms with Gasteiger partial charge in [-0.1, -0.05) is 6.07 Å². The first-order valence-electron chi connectivity index (χ1n) is 8.35. The number of nitro groups is 1. The van der Waals surface area contributed by atoms with E-state index >= 15 is 0 Å². The predicted octanol–water partition coefficient (Wildman–Crippen LogP) is 3.46. The maximum atomic E-state index is 13.2. The van der Waals surface area contributed by atoms with Crippen LogP contribution in [0.15, 0.2) is 42.5 Å². The number of halogens is 1. The molecule has 0 unspecified atom stereocenters. The SMILES string of the molecule is O=C(NC(=S)Nc1cccc(F)c1)c1ccc(N2CCCC2)c([N+](=O)[O-])c1. The summed E-state index contributed by atoms with van der Waals surface area (Å²) in [6, 6.07) is 9.97. The third-order valence-corrected chi connectivity index (χ3v) is 4.39. The maximum absolute atomic E-state index is 13.2. The number of amides is 1. The zero-order valence-electron chi connectivity index (χ0n) is 14.3. The summed E-state index contributed by atoms with van der Waals surface area (Å²) < 4.78 is 13.2. The van der Waals surface area contributed by atoms with E-state index in [4.69, 9.17) is 12.2 Å². The molecule has 1 fully saturated rings. The Kier molecular flexibility index (Phi) is 5.60. The zero-order chi connectivity index (χ0) is 19.4. The van der Waals surface area contributed by atoms with Crippen molar-refractivity contribution < 1.29 is 14.1 Å². The number of thiocarbonyl (C=S) groups is 1. The molecule has 1 aliphatic heterocycles. The number of hydrogen-bond acceptors (Lipinski definition) is 5. The Morgan fingerprint density at radius 1 is 1.19 bits per heavy atom. The molecule has 0 radical (unpaired) electrons. The van der Waals surface area contributed by atoms with E-state index in [9.17, 15) is 19.3 Å². The first-order valence-corrected chi connectivity index (χ1v) is 8.76. The zero-order valence-corrected chi connectivity index (χ0v) is 15.1. The van der Waals surface area contributed by atoms with Crippen molar-refractivity contribution in [2.45, 2.75) is 12.8 Å². The lowest BCUT2D eigenvalue weighted by Gasteiger charge is -2.18. The van der Waals surface area contributed by atoms with Gasteiger partial charge >= 0.3 is 0 Å². The highest BCUT2D eigenvalue weighted by atomic mass is 32.1. The summed E-state index contributed by atoms with van der Waals surface area (Å²) >= 11 is 5.05. The summed E-state index contributed by atoms with van der Waals surface area (Å²) in [5.41, 5.74) is 0.895. The van der Waals surface area contributed by atoms with E-state index < -0.39 is 16.6 Å². The Morgan fingerprint density at radius 3 is 2.59 bits per heavy atom. The van der Waals surface area contributed by atoms with E-state index in [1.807, 2.05) is 4.90 Å². The second-order valence-corrected chi connectivity index (χ2v) is 6.48. The van der Waals surface area contributed by atoms with Crippen molar-refractivity contribution in [3.8, 4) is 0 Å². The van der Waals surface area contributed by atoms with Crippen molar-refractivity contribution in [3.05, 3.63) is 64.0 Å². The van der Waals surface area contributed by atoms with Gasteiger partial charge in [-0.05, 0) is 55.4 Å². The lowest BCUT2D eigenvalue weighted by molar-refractivity contribution is -0.384. The highest BCUT2D eigenvalue weighted by Gasteiger charge is 2.24. The van der Waals surface area contributed by atoms with Crippen LogP contribution in [0.3, 0.4) is 0 Å². The van der Waals surface area contributed by atoms with Crippen LogP contribution in [0.4, 0.5) is 21.5 Å². The molecule has 9 heteroatoms. The van der Waals surface area contributed by atoms with Gasteiger partial charge in [0.15, 0.2) is 5.11 Å². The fourth-order valence-corrected chi connectivity index (χ4v) is 3.15. The van der Waals surface area contributed by atoms with E-state index in [1.54, 1.807) is 12.1 Å². The molecule has 7 nitrogen and oxygen atoms in total. The van der Waals surface area contributed by atoms with Crippen LogP contribution in [0.2, 0.25) is 0 Å². The van der Waals surface area contributed by atoms with Crippen LogP contribution >= 0.6 is 12.2 Å². The fourth-order valence-electron chi connectivity index (χ4n) is 2.94. The number of rotatable bonds is 4. The van der Waals surface area contributed by atoms with Gasteiger partial charge in [0.25, 0.3) is 11.6 Å². The number of carbonyl (C=O) groups excluding carboxylic acids is 1. The summed E-state index contributed by atoms with van der Waals surface area (Å²) in [6.45, 7) is 1.52. The molecule has 0 spiro atoms. The number of nitrogens with one attached hydrogen (secondary N) is 2. The third kappa shape index (κ3) is 4.56. The van der Waals surface area contributed by atoms with Crippen LogP contribution in [0.1, 0.15) is 23.2 Å². The molecule has 0 aromatic heterocycles. The monoisotopic (exact) mass is 388 g/mol. The van der Waals surface area contributed by atoms with Gasteiger partial charge < -0.3 is 10.2 Å². The van der Waals surface area contributed by atoms with Crippen molar-refractivity contribution in [1.29, 1.82) is 0 Å². The van der Waals surface area contributed by atoms with Crippen LogP contribution in [0, 0.1) is 15.9 Å². The van der Waals surface area contributed by atoms with Crippen molar-refractivity contribution in [1.82, 2.24) is 5.32 Å². The maximum Gasteiger partial charge on any atom is 0.293 e. The molecule has 3 rings (SSSR count). The second-order valence-electron chi connectivity index (χ2n) is 6.07. The van der Waals surface area contributed by atoms with Crippen LogP contribution in [-0.2, 0) is 0 Å². The molecular formula is C18H17FN4O3S. The third-order valence-electron chi connectivity index (χ3n) is 4.19. The van der Waals surface area contributed by atoms with E-state index in [0.29, 0.717) is 11.4 Å². The molecular weight excluding hydrogens is 371 g/mol. The smallest absolute Gasteiger partial charge is 0.293 e. The minimum atomic E-state index is -0.583. The van der Waals surface area contributed by atoms with Gasteiger partial charge in [0.2, 0.25) is 0 Å². The number of anilines is 2. The van der Waals surface area contributed by atoms with Crippen molar-refractivity contribution >= 4 is 40.3 Å². The lowest BCUT2D eigenvalue weighted by Crippen LogP contribution is -2.34. The minimum Gasteiger partial charge on any atom is -0.366 e. The van der Waals surface area contributed by atoms with Crippen LogP contribution in [-0.4, -0.2) is 29.0 Å². The first kappa shape index (κ1) is 18.7. The molecule has 2 N–H and O–H groups in total. The highest BCUT2D eigenvalue weighted by Crippen LogP contribution is 2.31. The standard InChI is InChI=1S/C18H17FN4O3S/c19-13-4-3-5-14(11-13)20-18(27)21-17(24)12-6-7-15(16(10-12)23(25)26)22-8-1-2-9-22/h3-7,10-11H,1-2,8-9H2,(H2,20,21,24,27). The number of carbonyl (C=O) groups is 1. The van der Waals surface area contributed by atoms with Crippen molar-refractivity contribution in [2.75, 3.05) is 23.3 Å². The van der Waals surface area contributed by atoms with Gasteiger partial charge in [-0.15, -0.1) is 0 Å². The summed E-state index contributed by atoms with van der Waals surface area (Å²) in [5, 5.41) is 16.5. The largest absolute Gasteiger partial charge is 0.366 e. The predicted molar refractivity (Wildman–Crippen MR) is 105 cm³/mol. The van der Waals surface area contributed by atoms with Crippen molar-refractivity contribution in [2.24, 2.45) is 0 Å². The first-order chi connectivity index (χ1) is 12.9. The Labute approximate surface area is 160 Å². The van der Waals surface area contributed by atoms with Gasteiger partial charge in [0, 0.05) is 30.4 Å². The van der Waals surface area contributed by atoms with Gasteiger partial charge in [0.05, 0.1) is 4.92 Å². The van der Waals surface area contributed by atoms with E-state index in [0.717, 1.165) is 25.9 Å². The van der Waals surface area contributed by atoms with E-state index in [1.165, 1.54) is 30.3 Å². The summed E-state index contributed by atoms with van der Waals surface area (Å²) in [7, 11) is 0. The van der Waals surface area contributed by atoms with Crippen LogP contribution < -0.4 is 15.5 Å². The molecule has 1 amide bonds. The van der Waals surface area contributed by atoms with E-state index in [2.05, 4.69) is 10.6 Å². The summed E-state index contributed by atoms with van der Waals surface area (Å²) in [5.74, 6) is -1.03. The topological polar surface area (TPSA) is 87.5 Å². The van der Waals surface area contributed by atoms with Gasteiger partial charge in [-0.2, -0.15) is 0 Å². The molecule has 2 aromatic carbocycles. The molecule has 1 aliphatic rings. The molecule has 0 atom stereocenters. The van der Waals surface area contributed by atoms with Crippen LogP contribution in [0.5, 0.6) is 0 Å². The molecule has 27 heavy (non-hydrogen) atoms. The summed E-state index contributed by atoms with van der Waals surface area (Å²) in [4.78, 5) is 25.2. The fraction of sp³-hybridized carbons (Fsp3) is 0.222. The molecule has 140 valence electrons. The Morgan fingerprint density at radius 2 is 1.93 bits per heavy atom. The minimum absolute atomic E-state index is 0.0307.